The molecule has 10 heteroatoms. The van der Waals surface area contributed by atoms with E-state index in [0.29, 0.717) is 24.6 Å². The van der Waals surface area contributed by atoms with Crippen LogP contribution in [0.4, 0.5) is 0 Å². The lowest BCUT2D eigenvalue weighted by atomic mass is 9.98. The Morgan fingerprint density at radius 2 is 1.75 bits per heavy atom. The molecule has 0 saturated carbocycles. The van der Waals surface area contributed by atoms with Crippen LogP contribution in [0.2, 0.25) is 0 Å². The number of aliphatic imine (C=N–C) groups is 1. The largest absolute Gasteiger partial charge is 0.479 e. The molecule has 164 valence electrons. The lowest BCUT2D eigenvalue weighted by molar-refractivity contribution is -0.156. The van der Waals surface area contributed by atoms with Crippen LogP contribution in [0, 0.1) is 0 Å². The van der Waals surface area contributed by atoms with Crippen LogP contribution < -0.4 is 0 Å². The number of aromatic nitrogens is 4. The van der Waals surface area contributed by atoms with E-state index in [0.717, 1.165) is 28.7 Å². The van der Waals surface area contributed by atoms with Gasteiger partial charge in [-0.05, 0) is 33.5 Å². The standard InChI is InChI=1S/C22H22N6O4/c1-2-5-18-23-22(20(29)30,21(31)32)13-28(18)12-14-8-10-15(11-9-14)16-6-3-4-7-17(16)19-24-26-27-25-19/h3-4,6-11H,2,5,12-13H2,1H3,(H,29,30)(H,31,32)(H,24,25,26,27). The number of aliphatic carboxylic acids is 2. The molecule has 0 atom stereocenters. The SMILES string of the molecule is CCCC1=NC(C(=O)O)(C(=O)O)CN1Cc1ccc(-c2ccccc2-c2nnn[nH]2)cc1. The van der Waals surface area contributed by atoms with Crippen molar-refractivity contribution in [2.24, 2.45) is 4.99 Å². The predicted octanol–water partition coefficient (Wildman–Crippen LogP) is 2.46. The first-order valence-electron chi connectivity index (χ1n) is 10.2. The molecular weight excluding hydrogens is 412 g/mol. The summed E-state index contributed by atoms with van der Waals surface area (Å²) in [6, 6.07) is 15.6. The van der Waals surface area contributed by atoms with Crippen molar-refractivity contribution in [2.75, 3.05) is 6.54 Å². The van der Waals surface area contributed by atoms with E-state index in [2.05, 4.69) is 25.6 Å². The number of carboxylic acids is 2. The van der Waals surface area contributed by atoms with Crippen molar-refractivity contribution in [3.05, 3.63) is 54.1 Å². The zero-order valence-corrected chi connectivity index (χ0v) is 17.4. The molecule has 0 unspecified atom stereocenters. The Kier molecular flexibility index (Phi) is 5.67. The number of nitrogens with zero attached hydrogens (tertiary/aromatic N) is 5. The third kappa shape index (κ3) is 3.82. The van der Waals surface area contributed by atoms with Gasteiger partial charge < -0.3 is 15.1 Å². The summed E-state index contributed by atoms with van der Waals surface area (Å²) >= 11 is 0. The predicted molar refractivity (Wildman–Crippen MR) is 116 cm³/mol. The third-order valence-corrected chi connectivity index (χ3v) is 5.45. The number of aromatic amines is 1. The molecule has 4 rings (SSSR count). The molecule has 10 nitrogen and oxygen atoms in total. The highest BCUT2D eigenvalue weighted by Crippen LogP contribution is 2.31. The van der Waals surface area contributed by atoms with Crippen LogP contribution in [0.5, 0.6) is 0 Å². The van der Waals surface area contributed by atoms with Crippen LogP contribution in [-0.4, -0.2) is 65.6 Å². The molecule has 0 fully saturated rings. The Hall–Kier alpha value is -4.08. The number of nitrogens with one attached hydrogen (secondary N) is 1. The van der Waals surface area contributed by atoms with Crippen LogP contribution in [0.25, 0.3) is 22.5 Å². The highest BCUT2D eigenvalue weighted by atomic mass is 16.4. The summed E-state index contributed by atoms with van der Waals surface area (Å²) in [5.74, 6) is -1.82. The number of hydrogen-bond donors (Lipinski definition) is 3. The third-order valence-electron chi connectivity index (χ3n) is 5.45. The number of H-pyrrole nitrogens is 1. The summed E-state index contributed by atoms with van der Waals surface area (Å²) in [5, 5.41) is 33.1. The van der Waals surface area contributed by atoms with Crippen molar-refractivity contribution in [3.63, 3.8) is 0 Å². The van der Waals surface area contributed by atoms with Gasteiger partial charge in [-0.25, -0.2) is 19.7 Å². The second kappa shape index (κ2) is 8.58. The average Bonchev–Trinajstić information content (AvgIpc) is 3.44. The van der Waals surface area contributed by atoms with Crippen LogP contribution in [0.3, 0.4) is 0 Å². The highest BCUT2D eigenvalue weighted by Gasteiger charge is 2.52. The topological polar surface area (TPSA) is 145 Å². The van der Waals surface area contributed by atoms with Crippen LogP contribution in [-0.2, 0) is 16.1 Å². The summed E-state index contributed by atoms with van der Waals surface area (Å²) in [6.45, 7) is 2.11. The fourth-order valence-corrected chi connectivity index (χ4v) is 3.83. The van der Waals surface area contributed by atoms with Crippen molar-refractivity contribution >= 4 is 17.8 Å². The van der Waals surface area contributed by atoms with Gasteiger partial charge in [0.15, 0.2) is 5.82 Å². The number of amidine groups is 1. The number of tetrazole rings is 1. The summed E-state index contributed by atoms with van der Waals surface area (Å²) < 4.78 is 0. The van der Waals surface area contributed by atoms with Gasteiger partial charge in [0, 0.05) is 18.5 Å². The number of benzene rings is 2. The Bertz CT molecular complexity index is 1140. The van der Waals surface area contributed by atoms with Crippen molar-refractivity contribution in [1.29, 1.82) is 0 Å². The molecule has 0 saturated heterocycles. The first kappa shape index (κ1) is 21.2. The summed E-state index contributed by atoms with van der Waals surface area (Å²) in [7, 11) is 0. The molecule has 0 amide bonds. The molecule has 0 radical (unpaired) electrons. The molecule has 1 aliphatic rings. The summed E-state index contributed by atoms with van der Waals surface area (Å²) in [4.78, 5) is 29.3. The van der Waals surface area contributed by atoms with Gasteiger partial charge in [0.25, 0.3) is 5.54 Å². The number of carboxylic acid groups (broad SMARTS) is 2. The Labute approximate surface area is 183 Å². The van der Waals surface area contributed by atoms with Gasteiger partial charge in [0.05, 0.1) is 6.54 Å². The van der Waals surface area contributed by atoms with E-state index in [9.17, 15) is 19.8 Å². The average molecular weight is 434 g/mol. The Balaban J connectivity index is 1.58. The van der Waals surface area contributed by atoms with E-state index in [1.54, 1.807) is 4.90 Å². The number of hydrogen-bond acceptors (Lipinski definition) is 7. The first-order valence-corrected chi connectivity index (χ1v) is 10.2. The van der Waals surface area contributed by atoms with E-state index in [1.165, 1.54) is 0 Å². The molecular formula is C22H22N6O4. The molecule has 32 heavy (non-hydrogen) atoms. The fraction of sp³-hybridized carbons (Fsp3) is 0.273. The zero-order chi connectivity index (χ0) is 22.7. The molecule has 0 bridgehead atoms. The molecule has 1 aromatic heterocycles. The quantitative estimate of drug-likeness (QED) is 0.459. The van der Waals surface area contributed by atoms with E-state index < -0.39 is 17.5 Å². The van der Waals surface area contributed by atoms with Crippen LogP contribution in [0.1, 0.15) is 25.3 Å². The van der Waals surface area contributed by atoms with Crippen molar-refractivity contribution < 1.29 is 19.8 Å². The van der Waals surface area contributed by atoms with Gasteiger partial charge in [-0.2, -0.15) is 0 Å². The van der Waals surface area contributed by atoms with E-state index >= 15 is 0 Å². The lowest BCUT2D eigenvalue weighted by Gasteiger charge is -2.23. The van der Waals surface area contributed by atoms with E-state index in [4.69, 9.17) is 0 Å². The van der Waals surface area contributed by atoms with Crippen molar-refractivity contribution in [2.45, 2.75) is 31.8 Å². The maximum absolute atomic E-state index is 11.7. The minimum absolute atomic E-state index is 0.198. The van der Waals surface area contributed by atoms with Gasteiger partial charge in [-0.3, -0.25) is 0 Å². The lowest BCUT2D eigenvalue weighted by Crippen LogP contribution is -2.49. The Morgan fingerprint density at radius 3 is 2.34 bits per heavy atom. The maximum Gasteiger partial charge on any atom is 0.345 e. The molecule has 1 aliphatic heterocycles. The molecule has 3 N–H and O–H groups in total. The van der Waals surface area contributed by atoms with E-state index in [1.807, 2.05) is 55.5 Å². The number of rotatable bonds is 8. The fourth-order valence-electron chi connectivity index (χ4n) is 3.83. The van der Waals surface area contributed by atoms with Gasteiger partial charge in [0.1, 0.15) is 5.84 Å². The smallest absolute Gasteiger partial charge is 0.345 e. The van der Waals surface area contributed by atoms with Crippen molar-refractivity contribution in [1.82, 2.24) is 25.5 Å². The molecule has 0 spiro atoms. The van der Waals surface area contributed by atoms with Crippen molar-refractivity contribution in [3.8, 4) is 22.5 Å². The maximum atomic E-state index is 11.7. The summed E-state index contributed by atoms with van der Waals surface area (Å²) in [6.07, 6.45) is 1.25. The normalized spacial score (nSPS) is 14.9. The molecule has 3 aromatic rings. The van der Waals surface area contributed by atoms with Crippen LogP contribution in [0.15, 0.2) is 53.5 Å². The molecule has 0 aliphatic carbocycles. The second-order valence-electron chi connectivity index (χ2n) is 7.60. The number of carbonyl (C=O) groups is 2. The monoisotopic (exact) mass is 434 g/mol. The van der Waals surface area contributed by atoms with Gasteiger partial charge in [-0.15, -0.1) is 5.10 Å². The highest BCUT2D eigenvalue weighted by molar-refractivity contribution is 6.08. The van der Waals surface area contributed by atoms with Crippen LogP contribution >= 0.6 is 0 Å². The van der Waals surface area contributed by atoms with Gasteiger partial charge in [-0.1, -0.05) is 55.5 Å². The molecule has 2 aromatic carbocycles. The first-order chi connectivity index (χ1) is 15.4. The Morgan fingerprint density at radius 1 is 1.06 bits per heavy atom. The minimum Gasteiger partial charge on any atom is -0.479 e. The van der Waals surface area contributed by atoms with E-state index in [-0.39, 0.29) is 6.54 Å². The van der Waals surface area contributed by atoms with Gasteiger partial charge in [0.2, 0.25) is 0 Å². The summed E-state index contributed by atoms with van der Waals surface area (Å²) in [5.41, 5.74) is 1.56. The minimum atomic E-state index is -2.16. The molecule has 2 heterocycles. The second-order valence-corrected chi connectivity index (χ2v) is 7.60. The zero-order valence-electron chi connectivity index (χ0n) is 17.4. The van der Waals surface area contributed by atoms with Gasteiger partial charge >= 0.3 is 11.9 Å².